The molecule has 31 heavy (non-hydrogen) atoms. The Morgan fingerprint density at radius 3 is 2.26 bits per heavy atom. The topological polar surface area (TPSA) is 83.0 Å². The molecule has 7 nitrogen and oxygen atoms in total. The molecule has 2 N–H and O–H groups in total. The summed E-state index contributed by atoms with van der Waals surface area (Å²) in [6.45, 7) is 5.35. The number of nitrogens with zero attached hydrogens (tertiary/aromatic N) is 2. The molecule has 0 aromatic heterocycles. The number of halogens is 1. The van der Waals surface area contributed by atoms with E-state index in [9.17, 15) is 8.42 Å². The molecule has 2 saturated heterocycles. The van der Waals surface area contributed by atoms with Gasteiger partial charge in [0, 0.05) is 46.2 Å². The number of benzene rings is 1. The molecule has 0 unspecified atom stereocenters. The first-order valence-corrected chi connectivity index (χ1v) is 12.8. The van der Waals surface area contributed by atoms with Crippen molar-refractivity contribution in [2.45, 2.75) is 49.9 Å². The average Bonchev–Trinajstić information content (AvgIpc) is 2.75. The molecule has 0 amide bonds. The first-order valence-electron chi connectivity index (χ1n) is 10.9. The van der Waals surface area contributed by atoms with Gasteiger partial charge in [-0.1, -0.05) is 30.7 Å². The standard InChI is InChI=1S/C22H36N4O3S.HI/c1-23-21(25-18-22(30(2,27)28)10-14-29-15-11-22)24-16-19-6-8-20(9-7-19)17-26-12-4-3-5-13-26;/h6-9H,3-5,10-18H2,1-2H3,(H2,23,24,25);1H. The summed E-state index contributed by atoms with van der Waals surface area (Å²) in [5, 5.41) is 6.52. The quantitative estimate of drug-likeness (QED) is 0.301. The summed E-state index contributed by atoms with van der Waals surface area (Å²) in [5.41, 5.74) is 2.52. The summed E-state index contributed by atoms with van der Waals surface area (Å²) in [6, 6.07) is 8.69. The second-order valence-electron chi connectivity index (χ2n) is 8.50. The maximum absolute atomic E-state index is 12.4. The van der Waals surface area contributed by atoms with E-state index >= 15 is 0 Å². The molecule has 0 radical (unpaired) electrons. The molecule has 2 fully saturated rings. The van der Waals surface area contributed by atoms with Crippen molar-refractivity contribution in [1.82, 2.24) is 15.5 Å². The highest BCUT2D eigenvalue weighted by Gasteiger charge is 2.42. The molecule has 0 bridgehead atoms. The Bertz CT molecular complexity index is 803. The van der Waals surface area contributed by atoms with Crippen LogP contribution in [0.15, 0.2) is 29.3 Å². The Balaban J connectivity index is 0.00000341. The first-order chi connectivity index (χ1) is 14.4. The second kappa shape index (κ2) is 12.4. The fourth-order valence-corrected chi connectivity index (χ4v) is 5.45. The van der Waals surface area contributed by atoms with Gasteiger partial charge in [-0.2, -0.15) is 0 Å². The molecule has 0 aliphatic carbocycles. The van der Waals surface area contributed by atoms with Gasteiger partial charge in [0.15, 0.2) is 15.8 Å². The zero-order valence-electron chi connectivity index (χ0n) is 18.7. The smallest absolute Gasteiger partial charge is 0.191 e. The van der Waals surface area contributed by atoms with E-state index in [4.69, 9.17) is 4.74 Å². The zero-order valence-corrected chi connectivity index (χ0v) is 21.9. The van der Waals surface area contributed by atoms with Crippen LogP contribution >= 0.6 is 24.0 Å². The van der Waals surface area contributed by atoms with E-state index in [1.54, 1.807) is 7.05 Å². The molecule has 9 heteroatoms. The molecule has 1 aromatic rings. The molecule has 0 atom stereocenters. The van der Waals surface area contributed by atoms with Crippen molar-refractivity contribution in [3.8, 4) is 0 Å². The van der Waals surface area contributed by atoms with E-state index in [1.807, 2.05) is 0 Å². The Labute approximate surface area is 204 Å². The lowest BCUT2D eigenvalue weighted by atomic mass is 9.99. The summed E-state index contributed by atoms with van der Waals surface area (Å²) < 4.78 is 29.4. The number of sulfone groups is 1. The maximum Gasteiger partial charge on any atom is 0.191 e. The van der Waals surface area contributed by atoms with Gasteiger partial charge in [0.05, 0.1) is 4.75 Å². The third-order valence-electron chi connectivity index (χ3n) is 6.33. The van der Waals surface area contributed by atoms with Crippen LogP contribution in [0.2, 0.25) is 0 Å². The summed E-state index contributed by atoms with van der Waals surface area (Å²) in [7, 11) is -1.50. The number of nitrogens with one attached hydrogen (secondary N) is 2. The number of hydrogen-bond donors (Lipinski definition) is 2. The minimum Gasteiger partial charge on any atom is -0.381 e. The van der Waals surface area contributed by atoms with Gasteiger partial charge in [0.1, 0.15) is 0 Å². The summed E-state index contributed by atoms with van der Waals surface area (Å²) in [5.74, 6) is 0.613. The average molecular weight is 565 g/mol. The number of piperidine rings is 1. The van der Waals surface area contributed by atoms with Crippen LogP contribution < -0.4 is 10.6 Å². The lowest BCUT2D eigenvalue weighted by Crippen LogP contribution is -2.53. The van der Waals surface area contributed by atoms with E-state index in [2.05, 4.69) is 44.8 Å². The van der Waals surface area contributed by atoms with Crippen LogP contribution in [0.5, 0.6) is 0 Å². The SMILES string of the molecule is CN=C(NCc1ccc(CN2CCCCC2)cc1)NCC1(S(C)(=O)=O)CCOCC1.I. The van der Waals surface area contributed by atoms with Crippen molar-refractivity contribution < 1.29 is 13.2 Å². The fourth-order valence-electron chi connectivity index (χ4n) is 4.21. The summed E-state index contributed by atoms with van der Waals surface area (Å²) >= 11 is 0. The molecule has 2 aliphatic rings. The third kappa shape index (κ3) is 7.57. The van der Waals surface area contributed by atoms with Gasteiger partial charge >= 0.3 is 0 Å². The van der Waals surface area contributed by atoms with E-state index in [1.165, 1.54) is 49.7 Å². The Kier molecular flexibility index (Phi) is 10.5. The number of likely N-dealkylation sites (tertiary alicyclic amines) is 1. The molecule has 176 valence electrons. The van der Waals surface area contributed by atoms with E-state index in [-0.39, 0.29) is 24.0 Å². The van der Waals surface area contributed by atoms with Gasteiger partial charge in [0.2, 0.25) is 0 Å². The van der Waals surface area contributed by atoms with E-state index in [0.29, 0.717) is 45.1 Å². The lowest BCUT2D eigenvalue weighted by molar-refractivity contribution is 0.0756. The molecule has 2 aliphatic heterocycles. The van der Waals surface area contributed by atoms with E-state index < -0.39 is 14.6 Å². The molecular formula is C22H37IN4O3S. The van der Waals surface area contributed by atoms with Crippen LogP contribution in [0.3, 0.4) is 0 Å². The number of guanidine groups is 1. The number of hydrogen-bond acceptors (Lipinski definition) is 5. The molecule has 0 saturated carbocycles. The normalized spacial score (nSPS) is 20.0. The minimum atomic E-state index is -3.20. The molecule has 0 spiro atoms. The van der Waals surface area contributed by atoms with Crippen molar-refractivity contribution in [3.05, 3.63) is 35.4 Å². The van der Waals surface area contributed by atoms with Gasteiger partial charge in [-0.25, -0.2) is 8.42 Å². The highest BCUT2D eigenvalue weighted by molar-refractivity contribution is 14.0. The predicted octanol–water partition coefficient (Wildman–Crippen LogP) is 2.55. The molecule has 3 rings (SSSR count). The van der Waals surface area contributed by atoms with Crippen LogP contribution in [0.1, 0.15) is 43.2 Å². The Hall–Kier alpha value is -0.910. The van der Waals surface area contributed by atoms with Crippen LogP contribution in [0.25, 0.3) is 0 Å². The monoisotopic (exact) mass is 564 g/mol. The van der Waals surface area contributed by atoms with Crippen molar-refractivity contribution in [3.63, 3.8) is 0 Å². The Morgan fingerprint density at radius 1 is 1.06 bits per heavy atom. The maximum atomic E-state index is 12.4. The van der Waals surface area contributed by atoms with Crippen LogP contribution in [-0.2, 0) is 27.7 Å². The highest BCUT2D eigenvalue weighted by Crippen LogP contribution is 2.28. The summed E-state index contributed by atoms with van der Waals surface area (Å²) in [6.07, 6.45) is 6.31. The number of ether oxygens (including phenoxy) is 1. The largest absolute Gasteiger partial charge is 0.381 e. The van der Waals surface area contributed by atoms with E-state index in [0.717, 1.165) is 6.54 Å². The van der Waals surface area contributed by atoms with Gasteiger partial charge in [0.25, 0.3) is 0 Å². The van der Waals surface area contributed by atoms with Crippen LogP contribution in [0.4, 0.5) is 0 Å². The van der Waals surface area contributed by atoms with Crippen LogP contribution in [0, 0.1) is 0 Å². The van der Waals surface area contributed by atoms with Gasteiger partial charge < -0.3 is 15.4 Å². The number of rotatable bonds is 7. The second-order valence-corrected chi connectivity index (χ2v) is 10.9. The van der Waals surface area contributed by atoms with Crippen molar-refractivity contribution >= 4 is 39.8 Å². The van der Waals surface area contributed by atoms with Crippen molar-refractivity contribution in [2.75, 3.05) is 46.2 Å². The first kappa shape index (κ1) is 26.3. The molecule has 2 heterocycles. The highest BCUT2D eigenvalue weighted by atomic mass is 127. The molecular weight excluding hydrogens is 527 g/mol. The Morgan fingerprint density at radius 2 is 1.68 bits per heavy atom. The van der Waals surface area contributed by atoms with Gasteiger partial charge in [-0.05, 0) is 49.9 Å². The fraction of sp³-hybridized carbons (Fsp3) is 0.682. The van der Waals surface area contributed by atoms with Gasteiger partial charge in [-0.15, -0.1) is 24.0 Å². The zero-order chi connectivity index (χ0) is 21.5. The summed E-state index contributed by atoms with van der Waals surface area (Å²) in [4.78, 5) is 6.78. The van der Waals surface area contributed by atoms with Crippen LogP contribution in [-0.4, -0.2) is 70.2 Å². The van der Waals surface area contributed by atoms with Gasteiger partial charge in [-0.3, -0.25) is 9.89 Å². The van der Waals surface area contributed by atoms with Crippen molar-refractivity contribution in [2.24, 2.45) is 4.99 Å². The predicted molar refractivity (Wildman–Crippen MR) is 137 cm³/mol. The van der Waals surface area contributed by atoms with Crippen molar-refractivity contribution in [1.29, 1.82) is 0 Å². The minimum absolute atomic E-state index is 0. The lowest BCUT2D eigenvalue weighted by Gasteiger charge is -2.35. The number of aliphatic imine (C=N–C) groups is 1. The molecule has 1 aromatic carbocycles. The third-order valence-corrected chi connectivity index (χ3v) is 8.46.